The number of aliphatic carboxylic acids is 1. The van der Waals surface area contributed by atoms with Crippen LogP contribution in [0.25, 0.3) is 0 Å². The first kappa shape index (κ1) is 11.0. The van der Waals surface area contributed by atoms with Crippen molar-refractivity contribution in [3.63, 3.8) is 0 Å². The first-order chi connectivity index (χ1) is 7.42. The number of benzene rings is 1. The molecule has 1 aliphatic rings. The van der Waals surface area contributed by atoms with Crippen molar-refractivity contribution in [2.24, 2.45) is 5.41 Å². The van der Waals surface area contributed by atoms with Gasteiger partial charge >= 0.3 is 5.97 Å². The number of hydrogen-bond donors (Lipinski definition) is 1. The van der Waals surface area contributed by atoms with Crippen LogP contribution in [-0.4, -0.2) is 17.0 Å². The Morgan fingerprint density at radius 3 is 2.25 bits per heavy atom. The summed E-state index contributed by atoms with van der Waals surface area (Å²) in [6.45, 7) is 1.55. The van der Waals surface area contributed by atoms with Gasteiger partial charge in [-0.15, -0.1) is 0 Å². The predicted octanol–water partition coefficient (Wildman–Crippen LogP) is 2.90. The third kappa shape index (κ3) is 1.32. The molecule has 1 N–H and O–H groups in total. The topological polar surface area (TPSA) is 37.3 Å². The van der Waals surface area contributed by atoms with Crippen LogP contribution in [0.1, 0.15) is 24.8 Å². The van der Waals surface area contributed by atoms with E-state index in [4.69, 9.17) is 5.11 Å². The molecule has 0 spiro atoms. The van der Waals surface area contributed by atoms with Gasteiger partial charge in [-0.05, 0) is 5.56 Å². The molecule has 0 radical (unpaired) electrons. The number of carbonyl (C=O) groups is 1. The SMILES string of the molecule is CC(c1ccccc1)[C@@]1(C(=O)O)CC1(F)F. The lowest BCUT2D eigenvalue weighted by molar-refractivity contribution is -0.148. The molecule has 0 bridgehead atoms. The summed E-state index contributed by atoms with van der Waals surface area (Å²) in [5, 5.41) is 8.99. The van der Waals surface area contributed by atoms with Crippen molar-refractivity contribution < 1.29 is 18.7 Å². The Morgan fingerprint density at radius 1 is 1.38 bits per heavy atom. The maximum atomic E-state index is 13.3. The van der Waals surface area contributed by atoms with Gasteiger partial charge in [0.1, 0.15) is 5.41 Å². The predicted molar refractivity (Wildman–Crippen MR) is 54.5 cm³/mol. The molecule has 0 aromatic heterocycles. The van der Waals surface area contributed by atoms with E-state index < -0.39 is 29.6 Å². The largest absolute Gasteiger partial charge is 0.481 e. The van der Waals surface area contributed by atoms with Crippen molar-refractivity contribution in [1.82, 2.24) is 0 Å². The quantitative estimate of drug-likeness (QED) is 0.860. The molecule has 86 valence electrons. The summed E-state index contributed by atoms with van der Waals surface area (Å²) in [6.07, 6.45) is -0.564. The van der Waals surface area contributed by atoms with Gasteiger partial charge in [0.05, 0.1) is 0 Å². The fourth-order valence-corrected chi connectivity index (χ4v) is 2.22. The monoisotopic (exact) mass is 226 g/mol. The van der Waals surface area contributed by atoms with Crippen LogP contribution >= 0.6 is 0 Å². The first-order valence-electron chi connectivity index (χ1n) is 5.08. The number of carboxylic acid groups (broad SMARTS) is 1. The molecule has 2 rings (SSSR count). The molecule has 2 atom stereocenters. The van der Waals surface area contributed by atoms with Crippen LogP contribution in [0.4, 0.5) is 8.78 Å². The van der Waals surface area contributed by atoms with Crippen LogP contribution < -0.4 is 0 Å². The van der Waals surface area contributed by atoms with Crippen LogP contribution in [0.3, 0.4) is 0 Å². The maximum absolute atomic E-state index is 13.3. The minimum Gasteiger partial charge on any atom is -0.481 e. The highest BCUT2D eigenvalue weighted by molar-refractivity contribution is 5.82. The van der Waals surface area contributed by atoms with Gasteiger partial charge in [0.25, 0.3) is 5.92 Å². The van der Waals surface area contributed by atoms with Crippen LogP contribution in [0.15, 0.2) is 30.3 Å². The van der Waals surface area contributed by atoms with Crippen LogP contribution in [-0.2, 0) is 4.79 Å². The lowest BCUT2D eigenvalue weighted by Gasteiger charge is -2.20. The molecule has 1 fully saturated rings. The molecule has 1 aromatic carbocycles. The Bertz CT molecular complexity index is 416. The van der Waals surface area contributed by atoms with Gasteiger partial charge in [-0.25, -0.2) is 8.78 Å². The molecule has 1 saturated carbocycles. The molecule has 2 nitrogen and oxygen atoms in total. The number of hydrogen-bond acceptors (Lipinski definition) is 1. The second-order valence-corrected chi connectivity index (χ2v) is 4.29. The fourth-order valence-electron chi connectivity index (χ4n) is 2.22. The highest BCUT2D eigenvalue weighted by Gasteiger charge is 2.78. The van der Waals surface area contributed by atoms with E-state index >= 15 is 0 Å². The van der Waals surface area contributed by atoms with Crippen molar-refractivity contribution in [2.75, 3.05) is 0 Å². The molecular weight excluding hydrogens is 214 g/mol. The van der Waals surface area contributed by atoms with E-state index in [0.717, 1.165) is 0 Å². The van der Waals surface area contributed by atoms with Gasteiger partial charge in [-0.2, -0.15) is 0 Å². The molecule has 1 unspecified atom stereocenters. The Balaban J connectivity index is 2.35. The maximum Gasteiger partial charge on any atom is 0.316 e. The summed E-state index contributed by atoms with van der Waals surface area (Å²) >= 11 is 0. The summed E-state index contributed by atoms with van der Waals surface area (Å²) in [7, 11) is 0. The molecule has 0 heterocycles. The van der Waals surface area contributed by atoms with Crippen molar-refractivity contribution in [2.45, 2.75) is 25.2 Å². The summed E-state index contributed by atoms with van der Waals surface area (Å²) in [6, 6.07) is 8.59. The lowest BCUT2D eigenvalue weighted by Crippen LogP contribution is -2.28. The van der Waals surface area contributed by atoms with Crippen molar-refractivity contribution in [3.8, 4) is 0 Å². The minimum atomic E-state index is -3.09. The van der Waals surface area contributed by atoms with E-state index in [1.54, 1.807) is 37.3 Å². The van der Waals surface area contributed by atoms with Crippen LogP contribution in [0.5, 0.6) is 0 Å². The molecule has 4 heteroatoms. The number of halogens is 2. The third-order valence-electron chi connectivity index (χ3n) is 3.45. The highest BCUT2D eigenvalue weighted by atomic mass is 19.3. The summed E-state index contributed by atoms with van der Waals surface area (Å²) < 4.78 is 26.5. The number of carboxylic acids is 1. The smallest absolute Gasteiger partial charge is 0.316 e. The molecule has 0 aliphatic heterocycles. The van der Waals surface area contributed by atoms with Crippen molar-refractivity contribution >= 4 is 5.97 Å². The highest BCUT2D eigenvalue weighted by Crippen LogP contribution is 2.67. The van der Waals surface area contributed by atoms with Crippen LogP contribution in [0.2, 0.25) is 0 Å². The zero-order valence-electron chi connectivity index (χ0n) is 8.78. The molecule has 16 heavy (non-hydrogen) atoms. The molecule has 0 saturated heterocycles. The van der Waals surface area contributed by atoms with E-state index in [2.05, 4.69) is 0 Å². The van der Waals surface area contributed by atoms with E-state index in [9.17, 15) is 13.6 Å². The summed E-state index contributed by atoms with van der Waals surface area (Å²) in [4.78, 5) is 11.0. The second-order valence-electron chi connectivity index (χ2n) is 4.29. The Morgan fingerprint density at radius 2 is 1.88 bits per heavy atom. The average molecular weight is 226 g/mol. The Labute approximate surface area is 91.9 Å². The number of alkyl halides is 2. The Hall–Kier alpha value is -1.45. The average Bonchev–Trinajstić information content (AvgIpc) is 2.84. The second kappa shape index (κ2) is 3.27. The Kier molecular flexibility index (Phi) is 2.26. The van der Waals surface area contributed by atoms with E-state index in [-0.39, 0.29) is 0 Å². The van der Waals surface area contributed by atoms with E-state index in [1.165, 1.54) is 0 Å². The molecule has 0 amide bonds. The zero-order valence-corrected chi connectivity index (χ0v) is 8.78. The number of rotatable bonds is 3. The fraction of sp³-hybridized carbons (Fsp3) is 0.417. The van der Waals surface area contributed by atoms with Crippen molar-refractivity contribution in [3.05, 3.63) is 35.9 Å². The zero-order chi connectivity index (χ0) is 12.0. The van der Waals surface area contributed by atoms with E-state index in [0.29, 0.717) is 5.56 Å². The normalized spacial score (nSPS) is 28.4. The summed E-state index contributed by atoms with van der Waals surface area (Å²) in [5.41, 5.74) is -1.27. The van der Waals surface area contributed by atoms with Crippen molar-refractivity contribution in [1.29, 1.82) is 0 Å². The van der Waals surface area contributed by atoms with E-state index in [1.807, 2.05) is 0 Å². The molecular formula is C12H12F2O2. The van der Waals surface area contributed by atoms with Crippen LogP contribution in [0, 0.1) is 5.41 Å². The van der Waals surface area contributed by atoms with Gasteiger partial charge in [0, 0.05) is 12.3 Å². The third-order valence-corrected chi connectivity index (χ3v) is 3.45. The van der Waals surface area contributed by atoms with Gasteiger partial charge in [0.15, 0.2) is 0 Å². The van der Waals surface area contributed by atoms with Gasteiger partial charge < -0.3 is 5.11 Å². The van der Waals surface area contributed by atoms with Gasteiger partial charge in [0.2, 0.25) is 0 Å². The lowest BCUT2D eigenvalue weighted by atomic mass is 9.84. The first-order valence-corrected chi connectivity index (χ1v) is 5.08. The molecule has 1 aliphatic carbocycles. The van der Waals surface area contributed by atoms with Gasteiger partial charge in [-0.3, -0.25) is 4.79 Å². The minimum absolute atomic E-state index is 0.564. The van der Waals surface area contributed by atoms with Gasteiger partial charge in [-0.1, -0.05) is 37.3 Å². The molecule has 1 aromatic rings. The summed E-state index contributed by atoms with van der Waals surface area (Å²) in [5.74, 6) is -5.18. The standard InChI is InChI=1S/C12H12F2O2/c1-8(9-5-3-2-4-6-9)11(10(15)16)7-12(11,13)14/h2-6,8H,7H2,1H3,(H,15,16)/t8?,11-/m1/s1.